The zero-order chi connectivity index (χ0) is 23.6. The topological polar surface area (TPSA) is 56.1 Å². The van der Waals surface area contributed by atoms with Crippen LogP contribution in [0.3, 0.4) is 0 Å². The molecule has 0 spiro atoms. The van der Waals surface area contributed by atoms with Crippen LogP contribution in [0.1, 0.15) is 30.9 Å². The first kappa shape index (κ1) is 23.5. The van der Waals surface area contributed by atoms with Crippen molar-refractivity contribution in [3.8, 4) is 11.3 Å². The fourth-order valence-electron chi connectivity index (χ4n) is 4.43. The van der Waals surface area contributed by atoms with E-state index in [9.17, 15) is 4.79 Å². The minimum Gasteiger partial charge on any atom is -0.469 e. The summed E-state index contributed by atoms with van der Waals surface area (Å²) in [5.41, 5.74) is 4.63. The second kappa shape index (κ2) is 9.69. The lowest BCUT2D eigenvalue weighted by molar-refractivity contribution is -0.139. The van der Waals surface area contributed by atoms with Crippen LogP contribution in [0.4, 0.5) is 5.82 Å². The molecule has 6 nitrogen and oxygen atoms in total. The summed E-state index contributed by atoms with van der Waals surface area (Å²) in [6, 6.07) is 10.2. The molecular weight excluding hydrogens is 482 g/mol. The Morgan fingerprint density at radius 2 is 2.06 bits per heavy atom. The average Bonchev–Trinajstić information content (AvgIpc) is 3.22. The SMILES string of the molecule is C=CCOC1(C)CCN(c2c(CC(=O)OC)c(C)cc3nc(-c4cccc(Br)c4)cn23)CC1. The lowest BCUT2D eigenvalue weighted by Crippen LogP contribution is -2.45. The van der Waals surface area contributed by atoms with Crippen molar-refractivity contribution >= 4 is 33.4 Å². The van der Waals surface area contributed by atoms with E-state index in [-0.39, 0.29) is 18.0 Å². The predicted molar refractivity (Wildman–Crippen MR) is 135 cm³/mol. The standard InChI is InChI=1S/C26H30BrN3O3/c1-5-13-33-26(3)9-11-29(12-10-26)25-21(16-24(31)32-4)18(2)14-23-28-22(17-30(23)25)19-7-6-8-20(27)15-19/h5-8,14-15,17H,1,9-13,16H2,2-4H3. The number of carbonyl (C=O) groups is 1. The molecule has 1 saturated heterocycles. The van der Waals surface area contributed by atoms with E-state index in [0.717, 1.165) is 64.3 Å². The van der Waals surface area contributed by atoms with Gasteiger partial charge in [-0.1, -0.05) is 34.1 Å². The number of piperidine rings is 1. The summed E-state index contributed by atoms with van der Waals surface area (Å²) < 4.78 is 14.2. The van der Waals surface area contributed by atoms with Crippen LogP contribution >= 0.6 is 15.9 Å². The van der Waals surface area contributed by atoms with Crippen LogP contribution < -0.4 is 4.90 Å². The minimum atomic E-state index is -0.248. The molecule has 0 saturated carbocycles. The largest absolute Gasteiger partial charge is 0.469 e. The minimum absolute atomic E-state index is 0.174. The van der Waals surface area contributed by atoms with Crippen molar-refractivity contribution in [2.24, 2.45) is 0 Å². The van der Waals surface area contributed by atoms with Gasteiger partial charge in [-0.3, -0.25) is 9.20 Å². The summed E-state index contributed by atoms with van der Waals surface area (Å²) in [5.74, 6) is 0.761. The van der Waals surface area contributed by atoms with E-state index in [0.29, 0.717) is 6.61 Å². The number of fused-ring (bicyclic) bond motifs is 1. The number of anilines is 1. The maximum atomic E-state index is 12.3. The first-order valence-electron chi connectivity index (χ1n) is 11.2. The molecule has 3 aromatic rings. The predicted octanol–water partition coefficient (Wildman–Crippen LogP) is 5.35. The molecule has 0 amide bonds. The van der Waals surface area contributed by atoms with Gasteiger partial charge in [0.2, 0.25) is 0 Å². The van der Waals surface area contributed by atoms with E-state index in [4.69, 9.17) is 14.5 Å². The summed E-state index contributed by atoms with van der Waals surface area (Å²) in [5, 5.41) is 0. The third kappa shape index (κ3) is 4.99. The third-order valence-corrected chi connectivity index (χ3v) is 6.89. The van der Waals surface area contributed by atoms with Crippen molar-refractivity contribution in [3.63, 3.8) is 0 Å². The van der Waals surface area contributed by atoms with Crippen molar-refractivity contribution in [3.05, 3.63) is 64.8 Å². The maximum absolute atomic E-state index is 12.3. The maximum Gasteiger partial charge on any atom is 0.310 e. The Labute approximate surface area is 203 Å². The van der Waals surface area contributed by atoms with Crippen molar-refractivity contribution in [1.82, 2.24) is 9.38 Å². The van der Waals surface area contributed by atoms with Crippen LogP contribution in [0.15, 0.2) is 53.7 Å². The van der Waals surface area contributed by atoms with Crippen molar-refractivity contribution in [2.75, 3.05) is 31.7 Å². The van der Waals surface area contributed by atoms with Gasteiger partial charge in [0.15, 0.2) is 0 Å². The number of benzene rings is 1. The Morgan fingerprint density at radius 1 is 1.30 bits per heavy atom. The van der Waals surface area contributed by atoms with Crippen LogP contribution in [0.2, 0.25) is 0 Å². The van der Waals surface area contributed by atoms with Gasteiger partial charge >= 0.3 is 5.97 Å². The van der Waals surface area contributed by atoms with Gasteiger partial charge in [-0.2, -0.15) is 0 Å². The number of imidazole rings is 1. The Balaban J connectivity index is 1.78. The average molecular weight is 512 g/mol. The molecule has 1 fully saturated rings. The van der Waals surface area contributed by atoms with Gasteiger partial charge in [-0.15, -0.1) is 6.58 Å². The molecule has 1 aromatic carbocycles. The number of halogens is 1. The van der Waals surface area contributed by atoms with Crippen molar-refractivity contribution in [1.29, 1.82) is 0 Å². The molecule has 0 N–H and O–H groups in total. The van der Waals surface area contributed by atoms with E-state index in [1.165, 1.54) is 7.11 Å². The van der Waals surface area contributed by atoms with Gasteiger partial charge in [-0.05, 0) is 50.5 Å². The highest BCUT2D eigenvalue weighted by Gasteiger charge is 2.33. The molecule has 0 aliphatic carbocycles. The molecule has 7 heteroatoms. The summed E-state index contributed by atoms with van der Waals surface area (Å²) in [6.07, 6.45) is 5.86. The van der Waals surface area contributed by atoms with Crippen molar-refractivity contribution in [2.45, 2.75) is 38.7 Å². The molecule has 1 aliphatic rings. The summed E-state index contributed by atoms with van der Waals surface area (Å²) in [7, 11) is 1.43. The molecule has 174 valence electrons. The van der Waals surface area contributed by atoms with Crippen LogP contribution in [0.5, 0.6) is 0 Å². The zero-order valence-electron chi connectivity index (χ0n) is 19.4. The lowest BCUT2D eigenvalue weighted by atomic mass is 9.92. The summed E-state index contributed by atoms with van der Waals surface area (Å²) in [6.45, 7) is 10.2. The molecule has 2 aromatic heterocycles. The molecule has 4 rings (SSSR count). The molecule has 0 bridgehead atoms. The first-order chi connectivity index (χ1) is 15.8. The quantitative estimate of drug-likeness (QED) is 0.316. The number of methoxy groups -OCH3 is 1. The first-order valence-corrected chi connectivity index (χ1v) is 12.0. The number of hydrogen-bond donors (Lipinski definition) is 0. The Morgan fingerprint density at radius 3 is 2.73 bits per heavy atom. The number of esters is 1. The van der Waals surface area contributed by atoms with E-state index in [1.54, 1.807) is 6.08 Å². The Bertz CT molecular complexity index is 1180. The molecule has 0 radical (unpaired) electrons. The Hall–Kier alpha value is -2.64. The van der Waals surface area contributed by atoms with Crippen LogP contribution in [-0.2, 0) is 20.7 Å². The fourth-order valence-corrected chi connectivity index (χ4v) is 4.83. The van der Waals surface area contributed by atoms with Gasteiger partial charge < -0.3 is 14.4 Å². The number of rotatable bonds is 7. The number of pyridine rings is 1. The number of hydrogen-bond acceptors (Lipinski definition) is 5. The van der Waals surface area contributed by atoms with E-state index < -0.39 is 0 Å². The molecule has 0 atom stereocenters. The fraction of sp³-hybridized carbons (Fsp3) is 0.385. The number of nitrogens with zero attached hydrogens (tertiary/aromatic N) is 3. The number of aromatic nitrogens is 2. The Kier molecular flexibility index (Phi) is 6.91. The van der Waals surface area contributed by atoms with Crippen LogP contribution in [-0.4, -0.2) is 47.8 Å². The van der Waals surface area contributed by atoms with Gasteiger partial charge in [0.25, 0.3) is 0 Å². The lowest BCUT2D eigenvalue weighted by Gasteiger charge is -2.41. The summed E-state index contributed by atoms with van der Waals surface area (Å²) in [4.78, 5) is 19.6. The molecular formula is C26H30BrN3O3. The monoisotopic (exact) mass is 511 g/mol. The summed E-state index contributed by atoms with van der Waals surface area (Å²) >= 11 is 3.55. The second-order valence-corrected chi connectivity index (χ2v) is 9.70. The van der Waals surface area contributed by atoms with Gasteiger partial charge in [0.1, 0.15) is 11.5 Å². The molecule has 1 aliphatic heterocycles. The normalized spacial score (nSPS) is 15.6. The molecule has 33 heavy (non-hydrogen) atoms. The number of ether oxygens (including phenoxy) is 2. The smallest absolute Gasteiger partial charge is 0.310 e. The molecule has 0 unspecified atom stereocenters. The van der Waals surface area contributed by atoms with Gasteiger partial charge in [0.05, 0.1) is 31.4 Å². The van der Waals surface area contributed by atoms with Gasteiger partial charge in [-0.25, -0.2) is 4.98 Å². The highest BCUT2D eigenvalue weighted by Crippen LogP contribution is 2.34. The molecule has 3 heterocycles. The third-order valence-electron chi connectivity index (χ3n) is 6.39. The van der Waals surface area contributed by atoms with Crippen LogP contribution in [0.25, 0.3) is 16.9 Å². The highest BCUT2D eigenvalue weighted by molar-refractivity contribution is 9.10. The zero-order valence-corrected chi connectivity index (χ0v) is 21.0. The highest BCUT2D eigenvalue weighted by atomic mass is 79.9. The number of aryl methyl sites for hydroxylation is 1. The second-order valence-electron chi connectivity index (χ2n) is 8.78. The number of carbonyl (C=O) groups excluding carboxylic acids is 1. The van der Waals surface area contributed by atoms with Gasteiger partial charge in [0, 0.05) is 34.9 Å². The van der Waals surface area contributed by atoms with Crippen LogP contribution in [0, 0.1) is 6.92 Å². The van der Waals surface area contributed by atoms with Crippen molar-refractivity contribution < 1.29 is 14.3 Å². The van der Waals surface area contributed by atoms with E-state index >= 15 is 0 Å². The van der Waals surface area contributed by atoms with E-state index in [1.807, 2.05) is 25.1 Å². The van der Waals surface area contributed by atoms with E-state index in [2.05, 4.69) is 57.1 Å².